The highest BCUT2D eigenvalue weighted by molar-refractivity contribution is 9.10. The Bertz CT molecular complexity index is 592. The molecule has 2 rings (SSSR count). The molecule has 0 spiro atoms. The molecular weight excluding hydrogens is 372 g/mol. The molecule has 2 nitrogen and oxygen atoms in total. The summed E-state index contributed by atoms with van der Waals surface area (Å²) in [5, 5.41) is 0. The van der Waals surface area contributed by atoms with E-state index in [0.717, 1.165) is 14.5 Å². The number of Topliss-reactive ketones (excluding diaryl/α,β-unsaturated/α-hetero) is 1. The van der Waals surface area contributed by atoms with E-state index in [0.29, 0.717) is 17.7 Å². The van der Waals surface area contributed by atoms with Crippen molar-refractivity contribution >= 4 is 37.6 Å². The molecule has 2 aromatic carbocycles. The van der Waals surface area contributed by atoms with Crippen LogP contribution in [0.5, 0.6) is 5.75 Å². The summed E-state index contributed by atoms with van der Waals surface area (Å²) in [6.07, 6.45) is 0.374. The van der Waals surface area contributed by atoms with Crippen LogP contribution in [0.2, 0.25) is 0 Å². The molecule has 0 bridgehead atoms. The molecule has 0 saturated heterocycles. The molecule has 4 heteroatoms. The molecular formula is C15H12Br2O2. The van der Waals surface area contributed by atoms with Gasteiger partial charge in [-0.2, -0.15) is 0 Å². The van der Waals surface area contributed by atoms with E-state index in [1.165, 1.54) is 0 Å². The van der Waals surface area contributed by atoms with Gasteiger partial charge in [0.05, 0.1) is 7.11 Å². The van der Waals surface area contributed by atoms with Gasteiger partial charge in [-0.1, -0.05) is 44.0 Å². The van der Waals surface area contributed by atoms with Crippen LogP contribution in [0.1, 0.15) is 15.9 Å². The van der Waals surface area contributed by atoms with Crippen molar-refractivity contribution in [2.24, 2.45) is 0 Å². The molecule has 0 aliphatic heterocycles. The number of benzene rings is 2. The lowest BCUT2D eigenvalue weighted by Gasteiger charge is -2.07. The molecule has 0 unspecified atom stereocenters. The van der Waals surface area contributed by atoms with Crippen molar-refractivity contribution in [2.45, 2.75) is 6.42 Å². The monoisotopic (exact) mass is 382 g/mol. The smallest absolute Gasteiger partial charge is 0.168 e. The molecule has 0 aromatic heterocycles. The highest BCUT2D eigenvalue weighted by Gasteiger charge is 2.12. The molecule has 19 heavy (non-hydrogen) atoms. The van der Waals surface area contributed by atoms with Gasteiger partial charge in [-0.25, -0.2) is 0 Å². The number of ketones is 1. The summed E-state index contributed by atoms with van der Waals surface area (Å²) in [4.78, 5) is 12.3. The summed E-state index contributed by atoms with van der Waals surface area (Å²) in [5.74, 6) is 0.746. The van der Waals surface area contributed by atoms with Crippen LogP contribution >= 0.6 is 31.9 Å². The molecule has 0 atom stereocenters. The molecule has 98 valence electrons. The molecule has 0 saturated carbocycles. The Morgan fingerprint density at radius 2 is 1.79 bits per heavy atom. The van der Waals surface area contributed by atoms with Crippen molar-refractivity contribution in [3.8, 4) is 5.75 Å². The van der Waals surface area contributed by atoms with E-state index in [9.17, 15) is 4.79 Å². The third-order valence-corrected chi connectivity index (χ3v) is 3.97. The van der Waals surface area contributed by atoms with Gasteiger partial charge in [-0.15, -0.1) is 0 Å². The third-order valence-electron chi connectivity index (χ3n) is 2.75. The summed E-state index contributed by atoms with van der Waals surface area (Å²) in [6.45, 7) is 0. The summed E-state index contributed by atoms with van der Waals surface area (Å²) in [5.41, 5.74) is 1.63. The fourth-order valence-corrected chi connectivity index (χ4v) is 2.46. The molecule has 0 aliphatic carbocycles. The number of hydrogen-bond donors (Lipinski definition) is 0. The number of carbonyl (C=O) groups excluding carboxylic acids is 1. The van der Waals surface area contributed by atoms with Crippen LogP contribution in [0.15, 0.2) is 51.4 Å². The van der Waals surface area contributed by atoms with Gasteiger partial charge >= 0.3 is 0 Å². The largest absolute Gasteiger partial charge is 0.497 e. The van der Waals surface area contributed by atoms with Gasteiger partial charge in [-0.05, 0) is 35.9 Å². The Labute approximate surface area is 129 Å². The maximum Gasteiger partial charge on any atom is 0.168 e. The van der Waals surface area contributed by atoms with Gasteiger partial charge in [0.15, 0.2) is 5.78 Å². The zero-order chi connectivity index (χ0) is 13.8. The minimum absolute atomic E-state index is 0.0631. The van der Waals surface area contributed by atoms with Crippen molar-refractivity contribution in [1.29, 1.82) is 0 Å². The number of rotatable bonds is 4. The Hall–Kier alpha value is -1.13. The van der Waals surface area contributed by atoms with E-state index in [-0.39, 0.29) is 5.78 Å². The molecule has 0 radical (unpaired) electrons. The van der Waals surface area contributed by atoms with E-state index in [4.69, 9.17) is 4.74 Å². The summed E-state index contributed by atoms with van der Waals surface area (Å²) in [7, 11) is 1.59. The SMILES string of the molecule is COc1ccc(Br)c(C(=O)Cc2ccc(Br)cc2)c1. The standard InChI is InChI=1S/C15H12Br2O2/c1-19-12-6-7-14(17)13(9-12)15(18)8-10-2-4-11(16)5-3-10/h2-7,9H,8H2,1H3. The van der Waals surface area contributed by atoms with E-state index >= 15 is 0 Å². The van der Waals surface area contributed by atoms with E-state index < -0.39 is 0 Å². The Balaban J connectivity index is 2.22. The maximum atomic E-state index is 12.3. The van der Waals surface area contributed by atoms with Crippen molar-refractivity contribution in [1.82, 2.24) is 0 Å². The zero-order valence-electron chi connectivity index (χ0n) is 10.3. The quantitative estimate of drug-likeness (QED) is 0.718. The topological polar surface area (TPSA) is 26.3 Å². The first-order valence-electron chi connectivity index (χ1n) is 5.71. The van der Waals surface area contributed by atoms with Gasteiger partial charge in [0, 0.05) is 20.9 Å². The molecule has 0 fully saturated rings. The van der Waals surface area contributed by atoms with Crippen LogP contribution in [-0.4, -0.2) is 12.9 Å². The first-order chi connectivity index (χ1) is 9.10. The number of carbonyl (C=O) groups is 1. The van der Waals surface area contributed by atoms with E-state index in [2.05, 4.69) is 31.9 Å². The zero-order valence-corrected chi connectivity index (χ0v) is 13.5. The highest BCUT2D eigenvalue weighted by atomic mass is 79.9. The lowest BCUT2D eigenvalue weighted by Crippen LogP contribution is -2.04. The average molecular weight is 384 g/mol. The molecule has 2 aromatic rings. The normalized spacial score (nSPS) is 10.3. The molecule has 0 aliphatic rings. The third kappa shape index (κ3) is 3.67. The van der Waals surface area contributed by atoms with Crippen LogP contribution in [0.25, 0.3) is 0 Å². The summed E-state index contributed by atoms with van der Waals surface area (Å²) >= 11 is 6.78. The summed E-state index contributed by atoms with van der Waals surface area (Å²) < 4.78 is 6.94. The minimum Gasteiger partial charge on any atom is -0.497 e. The van der Waals surface area contributed by atoms with Crippen LogP contribution < -0.4 is 4.74 Å². The van der Waals surface area contributed by atoms with Gasteiger partial charge in [0.25, 0.3) is 0 Å². The Morgan fingerprint density at radius 3 is 2.42 bits per heavy atom. The molecule has 0 N–H and O–H groups in total. The average Bonchev–Trinajstić information content (AvgIpc) is 2.42. The second kappa shape index (κ2) is 6.35. The van der Waals surface area contributed by atoms with Gasteiger partial charge in [0.1, 0.15) is 5.75 Å². The van der Waals surface area contributed by atoms with Crippen LogP contribution in [0.3, 0.4) is 0 Å². The van der Waals surface area contributed by atoms with Gasteiger partial charge in [-0.3, -0.25) is 4.79 Å². The lowest BCUT2D eigenvalue weighted by atomic mass is 10.0. The van der Waals surface area contributed by atoms with Crippen LogP contribution in [0.4, 0.5) is 0 Å². The Morgan fingerprint density at radius 1 is 1.11 bits per heavy atom. The van der Waals surface area contributed by atoms with Crippen molar-refractivity contribution in [2.75, 3.05) is 7.11 Å². The lowest BCUT2D eigenvalue weighted by molar-refractivity contribution is 0.0992. The first kappa shape index (κ1) is 14.3. The molecule has 0 heterocycles. The van der Waals surface area contributed by atoms with E-state index in [1.54, 1.807) is 13.2 Å². The second-order valence-electron chi connectivity index (χ2n) is 4.07. The molecule has 0 amide bonds. The van der Waals surface area contributed by atoms with E-state index in [1.807, 2.05) is 36.4 Å². The highest BCUT2D eigenvalue weighted by Crippen LogP contribution is 2.24. The first-order valence-corrected chi connectivity index (χ1v) is 7.30. The van der Waals surface area contributed by atoms with Crippen molar-refractivity contribution in [3.63, 3.8) is 0 Å². The predicted molar refractivity (Wildman–Crippen MR) is 82.9 cm³/mol. The van der Waals surface area contributed by atoms with Gasteiger partial charge < -0.3 is 4.74 Å². The second-order valence-corrected chi connectivity index (χ2v) is 5.84. The Kier molecular flexibility index (Phi) is 4.77. The van der Waals surface area contributed by atoms with Crippen LogP contribution in [0, 0.1) is 0 Å². The fraction of sp³-hybridized carbons (Fsp3) is 0.133. The maximum absolute atomic E-state index is 12.3. The van der Waals surface area contributed by atoms with Gasteiger partial charge in [0.2, 0.25) is 0 Å². The minimum atomic E-state index is 0.0631. The number of halogens is 2. The number of hydrogen-bond acceptors (Lipinski definition) is 2. The summed E-state index contributed by atoms with van der Waals surface area (Å²) in [6, 6.07) is 13.2. The number of methoxy groups -OCH3 is 1. The van der Waals surface area contributed by atoms with Crippen molar-refractivity contribution < 1.29 is 9.53 Å². The van der Waals surface area contributed by atoms with Crippen LogP contribution in [-0.2, 0) is 6.42 Å². The fourth-order valence-electron chi connectivity index (χ4n) is 1.73. The predicted octanol–water partition coefficient (Wildman–Crippen LogP) is 4.65. The van der Waals surface area contributed by atoms with Crippen molar-refractivity contribution in [3.05, 3.63) is 62.5 Å². The number of ether oxygens (including phenoxy) is 1.